The van der Waals surface area contributed by atoms with Gasteiger partial charge in [-0.05, 0) is 34.9 Å². The molecule has 1 atom stereocenters. The molecular weight excluding hydrogens is 522 g/mol. The summed E-state index contributed by atoms with van der Waals surface area (Å²) in [6.45, 7) is 0.758. The maximum Gasteiger partial charge on any atom is 0.412 e. The fourth-order valence-corrected chi connectivity index (χ4v) is 5.12. The third kappa shape index (κ3) is 6.28. The average Bonchev–Trinajstić information content (AvgIpc) is 3.49. The summed E-state index contributed by atoms with van der Waals surface area (Å²) in [5.74, 6) is -1.68. The van der Waals surface area contributed by atoms with Gasteiger partial charge in [0.2, 0.25) is 0 Å². The number of aryl methyl sites for hydroxylation is 1. The summed E-state index contributed by atoms with van der Waals surface area (Å²) in [7, 11) is 3.35. The Morgan fingerprint density at radius 2 is 1.59 bits per heavy atom. The zero-order chi connectivity index (χ0) is 28.9. The molecule has 2 amide bonds. The Hall–Kier alpha value is -4.96. The van der Waals surface area contributed by atoms with Crippen LogP contribution >= 0.6 is 0 Å². The summed E-state index contributed by atoms with van der Waals surface area (Å²) in [4.78, 5) is 39.3. The molecule has 1 heterocycles. The standard InChI is InChI=1S/C31H31N5O5/c1-35(17-20-10-4-3-5-11-20)18-27(30(38)39)32-29(37)26-16-28(36(2)34-26)33-31(40)41-19-25-23-14-8-6-12-21(23)22-13-7-9-15-24(22)25/h3-16,25,27H,17-19H2,1-2H3,(H,32,37)(H,33,40)(H,38,39). The minimum absolute atomic E-state index is 0.0292. The predicted octanol–water partition coefficient (Wildman–Crippen LogP) is 4.10. The molecule has 1 aliphatic carbocycles. The van der Waals surface area contributed by atoms with Crippen LogP contribution in [0.25, 0.3) is 11.1 Å². The van der Waals surface area contributed by atoms with E-state index in [-0.39, 0.29) is 30.6 Å². The number of hydrogen-bond acceptors (Lipinski definition) is 6. The first kappa shape index (κ1) is 27.6. The van der Waals surface area contributed by atoms with Gasteiger partial charge in [0.15, 0.2) is 5.69 Å². The second kappa shape index (κ2) is 12.1. The van der Waals surface area contributed by atoms with Crippen LogP contribution in [0.1, 0.15) is 33.1 Å². The topological polar surface area (TPSA) is 126 Å². The van der Waals surface area contributed by atoms with Crippen molar-refractivity contribution in [2.24, 2.45) is 7.05 Å². The zero-order valence-electron chi connectivity index (χ0n) is 22.8. The molecule has 10 heteroatoms. The molecule has 3 N–H and O–H groups in total. The Labute approximate surface area is 237 Å². The van der Waals surface area contributed by atoms with Gasteiger partial charge in [-0.3, -0.25) is 19.7 Å². The molecule has 0 aliphatic heterocycles. The van der Waals surface area contributed by atoms with Gasteiger partial charge in [-0.15, -0.1) is 0 Å². The highest BCUT2D eigenvalue weighted by Gasteiger charge is 2.29. The number of aromatic nitrogens is 2. The Morgan fingerprint density at radius 1 is 0.976 bits per heavy atom. The molecule has 0 saturated heterocycles. The summed E-state index contributed by atoms with van der Waals surface area (Å²) in [5, 5.41) is 19.0. The highest BCUT2D eigenvalue weighted by molar-refractivity contribution is 5.96. The third-order valence-electron chi connectivity index (χ3n) is 7.08. The third-order valence-corrected chi connectivity index (χ3v) is 7.08. The number of nitrogens with zero attached hydrogens (tertiary/aromatic N) is 3. The number of carboxylic acid groups (broad SMARTS) is 1. The maximum absolute atomic E-state index is 12.9. The predicted molar refractivity (Wildman–Crippen MR) is 154 cm³/mol. The number of rotatable bonds is 10. The van der Waals surface area contributed by atoms with Crippen LogP contribution in [0.4, 0.5) is 10.6 Å². The number of carbonyl (C=O) groups excluding carboxylic acids is 2. The van der Waals surface area contributed by atoms with E-state index in [9.17, 15) is 19.5 Å². The molecule has 1 aromatic heterocycles. The van der Waals surface area contributed by atoms with Crippen LogP contribution < -0.4 is 10.6 Å². The molecule has 0 bridgehead atoms. The van der Waals surface area contributed by atoms with E-state index >= 15 is 0 Å². The molecule has 0 fully saturated rings. The fourth-order valence-electron chi connectivity index (χ4n) is 5.12. The van der Waals surface area contributed by atoms with Gasteiger partial charge in [-0.1, -0.05) is 78.9 Å². The van der Waals surface area contributed by atoms with E-state index in [1.165, 1.54) is 10.7 Å². The molecule has 0 radical (unpaired) electrons. The molecule has 4 aromatic rings. The van der Waals surface area contributed by atoms with Crippen LogP contribution in [0.3, 0.4) is 0 Å². The lowest BCUT2D eigenvalue weighted by atomic mass is 9.98. The molecule has 0 saturated carbocycles. The van der Waals surface area contributed by atoms with Crippen molar-refractivity contribution >= 4 is 23.8 Å². The summed E-state index contributed by atoms with van der Waals surface area (Å²) in [6.07, 6.45) is -0.687. The molecule has 41 heavy (non-hydrogen) atoms. The van der Waals surface area contributed by atoms with Crippen molar-refractivity contribution in [1.82, 2.24) is 20.0 Å². The van der Waals surface area contributed by atoms with E-state index in [0.717, 1.165) is 27.8 Å². The molecule has 0 spiro atoms. The smallest absolute Gasteiger partial charge is 0.412 e. The second-order valence-electron chi connectivity index (χ2n) is 10.0. The molecule has 10 nitrogen and oxygen atoms in total. The number of aliphatic carboxylic acids is 1. The molecule has 3 aromatic carbocycles. The Balaban J connectivity index is 1.18. The monoisotopic (exact) mass is 553 g/mol. The number of carboxylic acids is 1. The van der Waals surface area contributed by atoms with E-state index in [0.29, 0.717) is 6.54 Å². The Morgan fingerprint density at radius 3 is 2.22 bits per heavy atom. The van der Waals surface area contributed by atoms with Crippen molar-refractivity contribution < 1.29 is 24.2 Å². The van der Waals surface area contributed by atoms with Crippen LogP contribution in [0, 0.1) is 0 Å². The first-order chi connectivity index (χ1) is 19.8. The van der Waals surface area contributed by atoms with E-state index in [4.69, 9.17) is 4.74 Å². The lowest BCUT2D eigenvalue weighted by Gasteiger charge is -2.22. The van der Waals surface area contributed by atoms with Gasteiger partial charge in [0.05, 0.1) is 0 Å². The molecule has 210 valence electrons. The van der Waals surface area contributed by atoms with Crippen molar-refractivity contribution in [3.05, 3.63) is 107 Å². The fraction of sp³-hybridized carbons (Fsp3) is 0.226. The Bertz CT molecular complexity index is 1520. The summed E-state index contributed by atoms with van der Waals surface area (Å²) in [5.41, 5.74) is 5.46. The summed E-state index contributed by atoms with van der Waals surface area (Å²) < 4.78 is 6.91. The van der Waals surface area contributed by atoms with Crippen LogP contribution in [0.5, 0.6) is 0 Å². The van der Waals surface area contributed by atoms with Crippen molar-refractivity contribution in [1.29, 1.82) is 0 Å². The van der Waals surface area contributed by atoms with Crippen molar-refractivity contribution in [2.75, 3.05) is 25.5 Å². The highest BCUT2D eigenvalue weighted by Crippen LogP contribution is 2.44. The SMILES string of the molecule is CN(Cc1ccccc1)CC(NC(=O)c1cc(NC(=O)OCC2c3ccccc3-c3ccccc32)n(C)n1)C(=O)O. The normalized spacial score (nSPS) is 12.9. The first-order valence-corrected chi connectivity index (χ1v) is 13.2. The number of anilines is 1. The number of ether oxygens (including phenoxy) is 1. The van der Waals surface area contributed by atoms with Crippen molar-refractivity contribution in [3.63, 3.8) is 0 Å². The van der Waals surface area contributed by atoms with E-state index in [2.05, 4.69) is 27.9 Å². The summed E-state index contributed by atoms with van der Waals surface area (Å²) >= 11 is 0. The quantitative estimate of drug-likeness (QED) is 0.270. The van der Waals surface area contributed by atoms with E-state index in [1.54, 1.807) is 14.1 Å². The lowest BCUT2D eigenvalue weighted by Crippen LogP contribution is -2.47. The van der Waals surface area contributed by atoms with Gasteiger partial charge in [0.25, 0.3) is 5.91 Å². The van der Waals surface area contributed by atoms with Crippen LogP contribution in [-0.4, -0.2) is 64.0 Å². The first-order valence-electron chi connectivity index (χ1n) is 13.2. The summed E-state index contributed by atoms with van der Waals surface area (Å²) in [6, 6.07) is 26.0. The van der Waals surface area contributed by atoms with Gasteiger partial charge in [-0.2, -0.15) is 5.10 Å². The minimum atomic E-state index is -1.16. The minimum Gasteiger partial charge on any atom is -0.480 e. The van der Waals surface area contributed by atoms with Gasteiger partial charge >= 0.3 is 12.1 Å². The number of amides is 2. The van der Waals surface area contributed by atoms with Crippen molar-refractivity contribution in [3.8, 4) is 11.1 Å². The van der Waals surface area contributed by atoms with Crippen LogP contribution in [0.15, 0.2) is 84.9 Å². The van der Waals surface area contributed by atoms with Crippen LogP contribution in [0.2, 0.25) is 0 Å². The number of hydrogen-bond donors (Lipinski definition) is 3. The van der Waals surface area contributed by atoms with E-state index in [1.807, 2.05) is 71.6 Å². The maximum atomic E-state index is 12.9. The number of nitrogens with one attached hydrogen (secondary N) is 2. The van der Waals surface area contributed by atoms with Crippen LogP contribution in [-0.2, 0) is 23.1 Å². The highest BCUT2D eigenvalue weighted by atomic mass is 16.5. The van der Waals surface area contributed by atoms with E-state index < -0.39 is 24.0 Å². The van der Waals surface area contributed by atoms with Gasteiger partial charge in [0.1, 0.15) is 18.5 Å². The number of fused-ring (bicyclic) bond motifs is 3. The number of likely N-dealkylation sites (N-methyl/N-ethyl adjacent to an activating group) is 1. The Kier molecular flexibility index (Phi) is 8.11. The second-order valence-corrected chi connectivity index (χ2v) is 10.0. The number of carbonyl (C=O) groups is 3. The molecular formula is C31H31N5O5. The largest absolute Gasteiger partial charge is 0.480 e. The molecule has 5 rings (SSSR count). The lowest BCUT2D eigenvalue weighted by molar-refractivity contribution is -0.139. The molecule has 1 unspecified atom stereocenters. The van der Waals surface area contributed by atoms with Gasteiger partial charge in [0, 0.05) is 32.1 Å². The average molecular weight is 554 g/mol. The molecule has 1 aliphatic rings. The van der Waals surface area contributed by atoms with Gasteiger partial charge < -0.3 is 15.2 Å². The van der Waals surface area contributed by atoms with Crippen molar-refractivity contribution in [2.45, 2.75) is 18.5 Å². The number of benzene rings is 3. The van der Waals surface area contributed by atoms with Gasteiger partial charge in [-0.25, -0.2) is 9.59 Å². The zero-order valence-corrected chi connectivity index (χ0v) is 22.8.